The number of para-hydroxylation sites is 1. The summed E-state index contributed by atoms with van der Waals surface area (Å²) in [6.45, 7) is 1.04. The van der Waals surface area contributed by atoms with Crippen molar-refractivity contribution in [3.63, 3.8) is 0 Å². The van der Waals surface area contributed by atoms with E-state index in [9.17, 15) is 14.9 Å². The lowest BCUT2D eigenvalue weighted by molar-refractivity contribution is -0.384. The largest absolute Gasteiger partial charge is 0.375 e. The van der Waals surface area contributed by atoms with Crippen LogP contribution < -0.4 is 0 Å². The number of benzene rings is 2. The van der Waals surface area contributed by atoms with Gasteiger partial charge in [0, 0.05) is 53.7 Å². The first-order chi connectivity index (χ1) is 12.6. The number of nitrogens with zero attached hydrogens (tertiary/aromatic N) is 2. The highest BCUT2D eigenvalue weighted by Gasteiger charge is 2.29. The lowest BCUT2D eigenvalue weighted by atomic mass is 9.89. The zero-order chi connectivity index (χ0) is 18.3. The number of Topliss-reactive ketones (excluding diaryl/α,β-unsaturated/α-hetero) is 1. The van der Waals surface area contributed by atoms with Crippen LogP contribution in [0.15, 0.2) is 48.5 Å². The van der Waals surface area contributed by atoms with E-state index < -0.39 is 4.92 Å². The molecule has 0 radical (unpaired) electrons. The zero-order valence-electron chi connectivity index (χ0n) is 14.3. The molecular weight excluding hydrogens is 332 g/mol. The molecular formula is C20H18N2O4. The second-order valence-electron chi connectivity index (χ2n) is 6.58. The summed E-state index contributed by atoms with van der Waals surface area (Å²) in [7, 11) is 2.02. The quantitative estimate of drug-likeness (QED) is 0.405. The molecule has 0 saturated heterocycles. The Morgan fingerprint density at radius 2 is 1.96 bits per heavy atom. The third-order valence-electron chi connectivity index (χ3n) is 5.07. The number of ketones is 1. The number of hydrogen-bond donors (Lipinski definition) is 0. The van der Waals surface area contributed by atoms with Gasteiger partial charge in [0.25, 0.3) is 5.69 Å². The van der Waals surface area contributed by atoms with Crippen molar-refractivity contribution in [1.29, 1.82) is 0 Å². The molecule has 6 nitrogen and oxygen atoms in total. The molecule has 2 heterocycles. The standard InChI is InChI=1S/C20H18N2O4/c1-21-17-5-3-2-4-16(17)20-14(11-26-12-18(20)21)10-19(23)13-6-8-15(9-7-13)22(24)25/h2-9,14H,10-12H2,1H3. The van der Waals surface area contributed by atoms with E-state index in [1.165, 1.54) is 29.8 Å². The molecule has 6 heteroatoms. The highest BCUT2D eigenvalue weighted by molar-refractivity contribution is 5.97. The normalized spacial score (nSPS) is 16.4. The smallest absolute Gasteiger partial charge is 0.269 e. The number of nitro benzene ring substituents is 1. The van der Waals surface area contributed by atoms with Gasteiger partial charge in [-0.2, -0.15) is 0 Å². The predicted octanol–water partition coefficient (Wildman–Crippen LogP) is 3.97. The number of carbonyl (C=O) groups is 1. The number of aryl methyl sites for hydroxylation is 1. The van der Waals surface area contributed by atoms with Crippen LogP contribution in [-0.2, 0) is 18.4 Å². The first-order valence-corrected chi connectivity index (χ1v) is 8.48. The van der Waals surface area contributed by atoms with Crippen LogP contribution in [0.1, 0.15) is 34.0 Å². The van der Waals surface area contributed by atoms with Crippen LogP contribution in [0.25, 0.3) is 10.9 Å². The van der Waals surface area contributed by atoms with Crippen molar-refractivity contribution in [2.45, 2.75) is 18.9 Å². The van der Waals surface area contributed by atoms with Crippen molar-refractivity contribution < 1.29 is 14.5 Å². The molecule has 1 aromatic heterocycles. The van der Waals surface area contributed by atoms with Crippen LogP contribution in [-0.4, -0.2) is 21.9 Å². The summed E-state index contributed by atoms with van der Waals surface area (Å²) < 4.78 is 7.88. The van der Waals surface area contributed by atoms with E-state index in [4.69, 9.17) is 4.74 Å². The van der Waals surface area contributed by atoms with Crippen LogP contribution in [0.2, 0.25) is 0 Å². The molecule has 132 valence electrons. The molecule has 0 saturated carbocycles. The Balaban J connectivity index is 1.65. The van der Waals surface area contributed by atoms with Gasteiger partial charge in [0.1, 0.15) is 0 Å². The number of rotatable bonds is 4. The number of carbonyl (C=O) groups excluding carboxylic acids is 1. The first kappa shape index (κ1) is 16.5. The number of hydrogen-bond acceptors (Lipinski definition) is 4. The summed E-state index contributed by atoms with van der Waals surface area (Å²) in [4.78, 5) is 23.0. The van der Waals surface area contributed by atoms with E-state index in [0.29, 0.717) is 25.2 Å². The van der Waals surface area contributed by atoms with Gasteiger partial charge in [-0.1, -0.05) is 18.2 Å². The van der Waals surface area contributed by atoms with E-state index >= 15 is 0 Å². The second kappa shape index (κ2) is 6.38. The monoisotopic (exact) mass is 350 g/mol. The minimum atomic E-state index is -0.467. The Bertz CT molecular complexity index is 1000. The van der Waals surface area contributed by atoms with Gasteiger partial charge in [-0.05, 0) is 23.8 Å². The Kier molecular flexibility index (Phi) is 4.05. The fourth-order valence-corrected chi connectivity index (χ4v) is 3.76. The Morgan fingerprint density at radius 1 is 1.23 bits per heavy atom. The van der Waals surface area contributed by atoms with E-state index in [2.05, 4.69) is 16.7 Å². The molecule has 1 atom stereocenters. The number of aromatic nitrogens is 1. The zero-order valence-corrected chi connectivity index (χ0v) is 14.3. The third kappa shape index (κ3) is 2.68. The van der Waals surface area contributed by atoms with Crippen molar-refractivity contribution in [2.75, 3.05) is 6.61 Å². The summed E-state index contributed by atoms with van der Waals surface area (Å²) in [6.07, 6.45) is 0.318. The number of ether oxygens (including phenoxy) is 1. The fraction of sp³-hybridized carbons (Fsp3) is 0.250. The summed E-state index contributed by atoms with van der Waals surface area (Å²) in [5, 5.41) is 11.9. The molecule has 4 rings (SSSR count). The molecule has 2 aromatic carbocycles. The molecule has 3 aromatic rings. The molecule has 0 amide bonds. The van der Waals surface area contributed by atoms with Crippen molar-refractivity contribution in [3.05, 3.63) is 75.5 Å². The maximum absolute atomic E-state index is 12.7. The SMILES string of the molecule is Cn1c2c(c3ccccc31)C(CC(=O)c1ccc([N+](=O)[O-])cc1)COC2. The summed E-state index contributed by atoms with van der Waals surface area (Å²) >= 11 is 0. The van der Waals surface area contributed by atoms with Crippen LogP contribution in [0.3, 0.4) is 0 Å². The summed E-state index contributed by atoms with van der Waals surface area (Å²) in [5.74, 6) is -0.0539. The van der Waals surface area contributed by atoms with Gasteiger partial charge in [0.15, 0.2) is 5.78 Å². The van der Waals surface area contributed by atoms with E-state index in [-0.39, 0.29) is 17.4 Å². The van der Waals surface area contributed by atoms with Gasteiger partial charge in [-0.3, -0.25) is 14.9 Å². The summed E-state index contributed by atoms with van der Waals surface area (Å²) in [6, 6.07) is 14.0. The number of non-ortho nitro benzene ring substituents is 1. The van der Waals surface area contributed by atoms with Crippen LogP contribution in [0, 0.1) is 10.1 Å². The lowest BCUT2D eigenvalue weighted by Gasteiger charge is -2.24. The lowest BCUT2D eigenvalue weighted by Crippen LogP contribution is -2.20. The maximum atomic E-state index is 12.7. The molecule has 1 aliphatic heterocycles. The van der Waals surface area contributed by atoms with Crippen LogP contribution in [0.5, 0.6) is 0 Å². The number of nitro groups is 1. The summed E-state index contributed by atoms with van der Waals surface area (Å²) in [5.41, 5.74) is 3.90. The topological polar surface area (TPSA) is 74.4 Å². The first-order valence-electron chi connectivity index (χ1n) is 8.48. The average molecular weight is 350 g/mol. The molecule has 1 unspecified atom stereocenters. The van der Waals surface area contributed by atoms with Crippen molar-refractivity contribution >= 4 is 22.4 Å². The molecule has 0 aliphatic carbocycles. The minimum Gasteiger partial charge on any atom is -0.375 e. The van der Waals surface area contributed by atoms with Gasteiger partial charge in [0.05, 0.1) is 18.1 Å². The van der Waals surface area contributed by atoms with Gasteiger partial charge in [-0.25, -0.2) is 0 Å². The van der Waals surface area contributed by atoms with Gasteiger partial charge >= 0.3 is 0 Å². The van der Waals surface area contributed by atoms with E-state index in [0.717, 1.165) is 16.6 Å². The molecule has 26 heavy (non-hydrogen) atoms. The van der Waals surface area contributed by atoms with E-state index in [1.54, 1.807) is 0 Å². The van der Waals surface area contributed by atoms with Gasteiger partial charge in [0.2, 0.25) is 0 Å². The molecule has 1 aliphatic rings. The van der Waals surface area contributed by atoms with Crippen LogP contribution in [0.4, 0.5) is 5.69 Å². The molecule has 0 spiro atoms. The highest BCUT2D eigenvalue weighted by atomic mass is 16.6. The van der Waals surface area contributed by atoms with Gasteiger partial charge < -0.3 is 9.30 Å². The maximum Gasteiger partial charge on any atom is 0.269 e. The Hall–Kier alpha value is -2.99. The molecule has 0 N–H and O–H groups in total. The predicted molar refractivity (Wildman–Crippen MR) is 97.4 cm³/mol. The molecule has 0 fully saturated rings. The number of fused-ring (bicyclic) bond motifs is 3. The van der Waals surface area contributed by atoms with Crippen molar-refractivity contribution in [1.82, 2.24) is 4.57 Å². The van der Waals surface area contributed by atoms with Crippen molar-refractivity contribution in [2.24, 2.45) is 7.05 Å². The molecule has 0 bridgehead atoms. The average Bonchev–Trinajstić information content (AvgIpc) is 2.96. The highest BCUT2D eigenvalue weighted by Crippen LogP contribution is 2.37. The van der Waals surface area contributed by atoms with Gasteiger partial charge in [-0.15, -0.1) is 0 Å². The third-order valence-corrected chi connectivity index (χ3v) is 5.07. The van der Waals surface area contributed by atoms with E-state index in [1.807, 2.05) is 19.2 Å². The minimum absolute atomic E-state index is 0.0149. The Labute approximate surface area is 150 Å². The van der Waals surface area contributed by atoms with Crippen molar-refractivity contribution in [3.8, 4) is 0 Å². The van der Waals surface area contributed by atoms with Crippen LogP contribution >= 0.6 is 0 Å². The second-order valence-corrected chi connectivity index (χ2v) is 6.58. The fourth-order valence-electron chi connectivity index (χ4n) is 3.76. The Morgan fingerprint density at radius 3 is 2.69 bits per heavy atom.